The molecule has 25 heavy (non-hydrogen) atoms. The molecule has 1 saturated heterocycles. The first-order valence-corrected chi connectivity index (χ1v) is 8.75. The van der Waals surface area contributed by atoms with E-state index in [-0.39, 0.29) is 24.8 Å². The molecule has 0 spiro atoms. The van der Waals surface area contributed by atoms with Crippen molar-refractivity contribution < 1.29 is 19.1 Å². The summed E-state index contributed by atoms with van der Waals surface area (Å²) in [5, 5.41) is 0. The molecule has 1 aromatic rings. The van der Waals surface area contributed by atoms with Crippen molar-refractivity contribution in [3.8, 4) is 0 Å². The van der Waals surface area contributed by atoms with Crippen LogP contribution in [0.3, 0.4) is 0 Å². The SMILES string of the molecule is CCC1CN(C(=O)OC(C)(C)C)CCN1C(=O)OCc1ccccc1. The molecule has 1 fully saturated rings. The molecule has 1 aromatic carbocycles. The predicted octanol–water partition coefficient (Wildman–Crippen LogP) is 3.65. The molecule has 6 nitrogen and oxygen atoms in total. The summed E-state index contributed by atoms with van der Waals surface area (Å²) in [4.78, 5) is 28.0. The third-order valence-electron chi connectivity index (χ3n) is 4.05. The second-order valence-corrected chi connectivity index (χ2v) is 7.22. The fourth-order valence-corrected chi connectivity index (χ4v) is 2.74. The number of rotatable bonds is 3. The van der Waals surface area contributed by atoms with E-state index >= 15 is 0 Å². The maximum atomic E-state index is 12.4. The molecule has 0 aromatic heterocycles. The monoisotopic (exact) mass is 348 g/mol. The van der Waals surface area contributed by atoms with E-state index in [0.717, 1.165) is 12.0 Å². The van der Waals surface area contributed by atoms with Crippen molar-refractivity contribution in [2.75, 3.05) is 19.6 Å². The molecule has 2 amide bonds. The average molecular weight is 348 g/mol. The first-order valence-electron chi connectivity index (χ1n) is 8.75. The Hall–Kier alpha value is -2.24. The number of amides is 2. The fraction of sp³-hybridized carbons (Fsp3) is 0.579. The summed E-state index contributed by atoms with van der Waals surface area (Å²) in [6.45, 7) is 9.16. The van der Waals surface area contributed by atoms with E-state index in [1.807, 2.05) is 58.0 Å². The van der Waals surface area contributed by atoms with Gasteiger partial charge in [-0.1, -0.05) is 37.3 Å². The number of benzene rings is 1. The lowest BCUT2D eigenvalue weighted by Crippen LogP contribution is -2.57. The van der Waals surface area contributed by atoms with Crippen LogP contribution >= 0.6 is 0 Å². The molecule has 1 aliphatic heterocycles. The van der Waals surface area contributed by atoms with Crippen LogP contribution in [0.4, 0.5) is 9.59 Å². The molecule has 1 atom stereocenters. The van der Waals surface area contributed by atoms with E-state index in [1.54, 1.807) is 9.80 Å². The van der Waals surface area contributed by atoms with Crippen LogP contribution in [0, 0.1) is 0 Å². The van der Waals surface area contributed by atoms with Crippen LogP contribution in [0.5, 0.6) is 0 Å². The van der Waals surface area contributed by atoms with Gasteiger partial charge in [0.25, 0.3) is 0 Å². The third kappa shape index (κ3) is 5.66. The van der Waals surface area contributed by atoms with Gasteiger partial charge in [-0.2, -0.15) is 0 Å². The van der Waals surface area contributed by atoms with Crippen molar-refractivity contribution in [3.05, 3.63) is 35.9 Å². The van der Waals surface area contributed by atoms with Crippen LogP contribution in [-0.2, 0) is 16.1 Å². The van der Waals surface area contributed by atoms with Gasteiger partial charge < -0.3 is 19.3 Å². The Morgan fingerprint density at radius 3 is 2.40 bits per heavy atom. The summed E-state index contributed by atoms with van der Waals surface area (Å²) < 4.78 is 10.9. The Labute approximate surface area is 149 Å². The van der Waals surface area contributed by atoms with Crippen molar-refractivity contribution in [3.63, 3.8) is 0 Å². The molecular weight excluding hydrogens is 320 g/mol. The van der Waals surface area contributed by atoms with Crippen molar-refractivity contribution in [1.82, 2.24) is 9.80 Å². The minimum Gasteiger partial charge on any atom is -0.445 e. The Balaban J connectivity index is 1.90. The van der Waals surface area contributed by atoms with Gasteiger partial charge in [-0.3, -0.25) is 0 Å². The third-order valence-corrected chi connectivity index (χ3v) is 4.05. The second kappa shape index (κ2) is 8.23. The highest BCUT2D eigenvalue weighted by Crippen LogP contribution is 2.18. The van der Waals surface area contributed by atoms with Gasteiger partial charge in [0, 0.05) is 19.6 Å². The summed E-state index contributed by atoms with van der Waals surface area (Å²) in [7, 11) is 0. The molecule has 0 aliphatic carbocycles. The van der Waals surface area contributed by atoms with Gasteiger partial charge in [-0.15, -0.1) is 0 Å². The molecular formula is C19H28N2O4. The molecule has 0 bridgehead atoms. The van der Waals surface area contributed by atoms with Crippen molar-refractivity contribution >= 4 is 12.2 Å². The zero-order valence-corrected chi connectivity index (χ0v) is 15.5. The van der Waals surface area contributed by atoms with E-state index in [9.17, 15) is 9.59 Å². The lowest BCUT2D eigenvalue weighted by molar-refractivity contribution is 0.000732. The van der Waals surface area contributed by atoms with Crippen LogP contribution in [0.15, 0.2) is 30.3 Å². The molecule has 6 heteroatoms. The largest absolute Gasteiger partial charge is 0.445 e. The van der Waals surface area contributed by atoms with Gasteiger partial charge in [0.15, 0.2) is 0 Å². The summed E-state index contributed by atoms with van der Waals surface area (Å²) in [5.74, 6) is 0. The Bertz CT molecular complexity index is 583. The minimum absolute atomic E-state index is 0.0652. The van der Waals surface area contributed by atoms with E-state index < -0.39 is 5.60 Å². The lowest BCUT2D eigenvalue weighted by atomic mass is 10.1. The maximum absolute atomic E-state index is 12.4. The molecule has 1 unspecified atom stereocenters. The highest BCUT2D eigenvalue weighted by molar-refractivity contribution is 5.71. The van der Waals surface area contributed by atoms with E-state index in [2.05, 4.69) is 0 Å². The Morgan fingerprint density at radius 2 is 1.80 bits per heavy atom. The van der Waals surface area contributed by atoms with Crippen LogP contribution in [0.1, 0.15) is 39.7 Å². The summed E-state index contributed by atoms with van der Waals surface area (Å²) in [6, 6.07) is 9.53. The smallest absolute Gasteiger partial charge is 0.410 e. The van der Waals surface area contributed by atoms with Crippen molar-refractivity contribution in [2.45, 2.75) is 52.4 Å². The number of carbonyl (C=O) groups is 2. The second-order valence-electron chi connectivity index (χ2n) is 7.22. The van der Waals surface area contributed by atoms with Crippen LogP contribution in [0.2, 0.25) is 0 Å². The molecule has 138 valence electrons. The predicted molar refractivity (Wildman–Crippen MR) is 95.2 cm³/mol. The number of ether oxygens (including phenoxy) is 2. The first kappa shape index (κ1) is 19.1. The van der Waals surface area contributed by atoms with E-state index in [1.165, 1.54) is 0 Å². The van der Waals surface area contributed by atoms with Crippen LogP contribution < -0.4 is 0 Å². The van der Waals surface area contributed by atoms with Gasteiger partial charge in [0.1, 0.15) is 12.2 Å². The Morgan fingerprint density at radius 1 is 1.12 bits per heavy atom. The van der Waals surface area contributed by atoms with Gasteiger partial charge in [-0.25, -0.2) is 9.59 Å². The summed E-state index contributed by atoms with van der Waals surface area (Å²) >= 11 is 0. The number of hydrogen-bond acceptors (Lipinski definition) is 4. The molecule has 0 saturated carbocycles. The molecule has 0 radical (unpaired) electrons. The summed E-state index contributed by atoms with van der Waals surface area (Å²) in [5.41, 5.74) is 0.432. The van der Waals surface area contributed by atoms with E-state index in [0.29, 0.717) is 19.6 Å². The number of hydrogen-bond donors (Lipinski definition) is 0. The zero-order valence-electron chi connectivity index (χ0n) is 15.5. The fourth-order valence-electron chi connectivity index (χ4n) is 2.74. The molecule has 2 rings (SSSR count). The van der Waals surface area contributed by atoms with Crippen LogP contribution in [-0.4, -0.2) is 53.3 Å². The van der Waals surface area contributed by atoms with Gasteiger partial charge in [0.2, 0.25) is 0 Å². The van der Waals surface area contributed by atoms with Crippen molar-refractivity contribution in [2.24, 2.45) is 0 Å². The standard InChI is InChI=1S/C19H28N2O4/c1-5-16-13-20(17(22)25-19(2,3)4)11-12-21(16)18(23)24-14-15-9-7-6-8-10-15/h6-10,16H,5,11-14H2,1-4H3. The molecule has 0 N–H and O–H groups in total. The average Bonchev–Trinajstić information content (AvgIpc) is 2.58. The van der Waals surface area contributed by atoms with Gasteiger partial charge >= 0.3 is 12.2 Å². The van der Waals surface area contributed by atoms with Crippen LogP contribution in [0.25, 0.3) is 0 Å². The van der Waals surface area contributed by atoms with Crippen molar-refractivity contribution in [1.29, 1.82) is 0 Å². The normalized spacial score (nSPS) is 18.0. The Kier molecular flexibility index (Phi) is 6.28. The molecule has 1 aliphatic rings. The molecule has 1 heterocycles. The highest BCUT2D eigenvalue weighted by Gasteiger charge is 2.34. The van der Waals surface area contributed by atoms with E-state index in [4.69, 9.17) is 9.47 Å². The first-order chi connectivity index (χ1) is 11.8. The minimum atomic E-state index is -0.523. The highest BCUT2D eigenvalue weighted by atomic mass is 16.6. The van der Waals surface area contributed by atoms with Gasteiger partial charge in [-0.05, 0) is 32.8 Å². The zero-order chi connectivity index (χ0) is 18.4. The number of carbonyl (C=O) groups excluding carboxylic acids is 2. The maximum Gasteiger partial charge on any atom is 0.410 e. The quantitative estimate of drug-likeness (QED) is 0.836. The topological polar surface area (TPSA) is 59.1 Å². The lowest BCUT2D eigenvalue weighted by Gasteiger charge is -2.40. The number of piperazine rings is 1. The number of nitrogens with zero attached hydrogens (tertiary/aromatic N) is 2. The van der Waals surface area contributed by atoms with Gasteiger partial charge in [0.05, 0.1) is 6.04 Å². The summed E-state index contributed by atoms with van der Waals surface area (Å²) in [6.07, 6.45) is 0.0857.